The molecule has 2 aromatic rings. The third-order valence-electron chi connectivity index (χ3n) is 2.84. The summed E-state index contributed by atoms with van der Waals surface area (Å²) >= 11 is 0. The number of phenols is 1. The van der Waals surface area contributed by atoms with Crippen LogP contribution in [0, 0.1) is 17.5 Å². The summed E-state index contributed by atoms with van der Waals surface area (Å²) < 4.78 is 44.6. The zero-order valence-corrected chi connectivity index (χ0v) is 11.3. The molecule has 0 aliphatic carbocycles. The molecule has 0 radical (unpaired) electrons. The summed E-state index contributed by atoms with van der Waals surface area (Å²) in [7, 11) is 0. The molecule has 2 aromatic carbocycles. The predicted octanol–water partition coefficient (Wildman–Crippen LogP) is 3.82. The molecule has 2 rings (SSSR count). The van der Waals surface area contributed by atoms with Gasteiger partial charge in [0.25, 0.3) is 0 Å². The Bertz CT molecular complexity index is 647. The smallest absolute Gasteiger partial charge is 0.196 e. The number of rotatable bonds is 5. The maximum atomic E-state index is 13.5. The van der Waals surface area contributed by atoms with Gasteiger partial charge in [0.1, 0.15) is 0 Å². The number of halogens is 3. The molecular formula is C15H14F3NO2. The van der Waals surface area contributed by atoms with E-state index < -0.39 is 17.5 Å². The van der Waals surface area contributed by atoms with Crippen molar-refractivity contribution in [3.63, 3.8) is 0 Å². The molecule has 112 valence electrons. The first kappa shape index (κ1) is 15.0. The van der Waals surface area contributed by atoms with Gasteiger partial charge >= 0.3 is 0 Å². The van der Waals surface area contributed by atoms with Crippen LogP contribution in [0.4, 0.5) is 18.9 Å². The zero-order valence-electron chi connectivity index (χ0n) is 11.3. The van der Waals surface area contributed by atoms with E-state index in [0.717, 1.165) is 12.1 Å². The molecule has 0 bridgehead atoms. The molecule has 2 N–H and O–H groups in total. The van der Waals surface area contributed by atoms with Gasteiger partial charge in [-0.1, -0.05) is 6.07 Å². The van der Waals surface area contributed by atoms with E-state index in [1.165, 1.54) is 6.07 Å². The second-order valence-electron chi connectivity index (χ2n) is 4.31. The van der Waals surface area contributed by atoms with Gasteiger partial charge in [0.05, 0.1) is 12.3 Å². The highest BCUT2D eigenvalue weighted by molar-refractivity contribution is 5.47. The lowest BCUT2D eigenvalue weighted by Gasteiger charge is -2.11. The first-order chi connectivity index (χ1) is 10.0. The molecule has 0 aliphatic heterocycles. The number of benzene rings is 2. The summed E-state index contributed by atoms with van der Waals surface area (Å²) in [6, 6.07) is 6.62. The summed E-state index contributed by atoms with van der Waals surface area (Å²) in [5.41, 5.74) is 0.556. The van der Waals surface area contributed by atoms with Crippen LogP contribution in [-0.2, 0) is 6.54 Å². The van der Waals surface area contributed by atoms with Gasteiger partial charge in [0, 0.05) is 6.54 Å². The van der Waals surface area contributed by atoms with Crippen LogP contribution in [-0.4, -0.2) is 11.7 Å². The molecule has 0 amide bonds. The monoisotopic (exact) mass is 297 g/mol. The number of phenolic OH excluding ortho intramolecular Hbond substituents is 1. The van der Waals surface area contributed by atoms with Crippen molar-refractivity contribution in [2.75, 3.05) is 11.9 Å². The van der Waals surface area contributed by atoms with Crippen molar-refractivity contribution in [2.24, 2.45) is 0 Å². The predicted molar refractivity (Wildman–Crippen MR) is 72.9 cm³/mol. The topological polar surface area (TPSA) is 41.5 Å². The van der Waals surface area contributed by atoms with Gasteiger partial charge in [-0.2, -0.15) is 0 Å². The molecule has 0 heterocycles. The molecule has 0 saturated heterocycles. The highest BCUT2D eigenvalue weighted by atomic mass is 19.2. The highest BCUT2D eigenvalue weighted by Crippen LogP contribution is 2.27. The zero-order chi connectivity index (χ0) is 15.4. The average Bonchev–Trinajstić information content (AvgIpc) is 2.47. The Balaban J connectivity index is 2.13. The third kappa shape index (κ3) is 3.39. The quantitative estimate of drug-likeness (QED) is 0.824. The fourth-order valence-electron chi connectivity index (χ4n) is 1.80. The van der Waals surface area contributed by atoms with E-state index >= 15 is 0 Å². The Morgan fingerprint density at radius 3 is 2.57 bits per heavy atom. The molecule has 0 aromatic heterocycles. The van der Waals surface area contributed by atoms with Crippen LogP contribution in [0.3, 0.4) is 0 Å². The lowest BCUT2D eigenvalue weighted by Crippen LogP contribution is -2.04. The van der Waals surface area contributed by atoms with Gasteiger partial charge < -0.3 is 15.2 Å². The summed E-state index contributed by atoms with van der Waals surface area (Å²) in [4.78, 5) is 0. The van der Waals surface area contributed by atoms with Crippen LogP contribution in [0.15, 0.2) is 30.3 Å². The minimum atomic E-state index is -1.51. The van der Waals surface area contributed by atoms with Crippen molar-refractivity contribution in [3.05, 3.63) is 53.3 Å². The molecule has 0 unspecified atom stereocenters. The van der Waals surface area contributed by atoms with Crippen LogP contribution in [0.2, 0.25) is 0 Å². The molecular weight excluding hydrogens is 283 g/mol. The fourth-order valence-corrected chi connectivity index (χ4v) is 1.80. The van der Waals surface area contributed by atoms with E-state index in [0.29, 0.717) is 17.9 Å². The van der Waals surface area contributed by atoms with Crippen LogP contribution >= 0.6 is 0 Å². The van der Waals surface area contributed by atoms with Crippen molar-refractivity contribution in [1.82, 2.24) is 0 Å². The van der Waals surface area contributed by atoms with Crippen molar-refractivity contribution in [1.29, 1.82) is 0 Å². The van der Waals surface area contributed by atoms with Crippen LogP contribution in [0.5, 0.6) is 11.5 Å². The lowest BCUT2D eigenvalue weighted by atomic mass is 10.2. The van der Waals surface area contributed by atoms with Crippen molar-refractivity contribution < 1.29 is 23.0 Å². The average molecular weight is 297 g/mol. The molecule has 0 atom stereocenters. The maximum Gasteiger partial charge on any atom is 0.196 e. The van der Waals surface area contributed by atoms with Crippen molar-refractivity contribution >= 4 is 5.69 Å². The molecule has 0 aliphatic rings. The number of hydrogen-bond acceptors (Lipinski definition) is 3. The summed E-state index contributed by atoms with van der Waals surface area (Å²) in [5.74, 6) is -3.71. The normalized spacial score (nSPS) is 10.5. The Hall–Kier alpha value is -2.37. The van der Waals surface area contributed by atoms with Crippen LogP contribution in [0.1, 0.15) is 12.5 Å². The summed E-state index contributed by atoms with van der Waals surface area (Å²) in [5, 5.41) is 12.2. The largest absolute Gasteiger partial charge is 0.504 e. The second kappa shape index (κ2) is 6.39. The van der Waals surface area contributed by atoms with Crippen molar-refractivity contribution in [2.45, 2.75) is 13.5 Å². The van der Waals surface area contributed by atoms with E-state index in [9.17, 15) is 18.3 Å². The van der Waals surface area contributed by atoms with E-state index in [1.807, 2.05) is 0 Å². The number of ether oxygens (including phenoxy) is 1. The van der Waals surface area contributed by atoms with Gasteiger partial charge in [-0.05, 0) is 36.8 Å². The Kier molecular flexibility index (Phi) is 4.57. The minimum absolute atomic E-state index is 0.000364. The van der Waals surface area contributed by atoms with Crippen LogP contribution < -0.4 is 10.1 Å². The summed E-state index contributed by atoms with van der Waals surface area (Å²) in [6.07, 6.45) is 0. The lowest BCUT2D eigenvalue weighted by molar-refractivity contribution is 0.318. The Morgan fingerprint density at radius 1 is 1.10 bits per heavy atom. The van der Waals surface area contributed by atoms with Gasteiger partial charge in [0.15, 0.2) is 29.0 Å². The van der Waals surface area contributed by atoms with E-state index in [-0.39, 0.29) is 18.0 Å². The molecule has 3 nitrogen and oxygen atoms in total. The Labute approximate surface area is 120 Å². The van der Waals surface area contributed by atoms with E-state index in [4.69, 9.17) is 4.74 Å². The molecule has 0 fully saturated rings. The number of hydrogen-bond donors (Lipinski definition) is 2. The number of anilines is 1. The maximum absolute atomic E-state index is 13.5. The van der Waals surface area contributed by atoms with Crippen LogP contribution in [0.25, 0.3) is 0 Å². The third-order valence-corrected chi connectivity index (χ3v) is 2.84. The number of aromatic hydroxyl groups is 1. The summed E-state index contributed by atoms with van der Waals surface area (Å²) in [6.45, 7) is 2.34. The Morgan fingerprint density at radius 2 is 1.86 bits per heavy atom. The standard InChI is InChI=1S/C15H14F3NO2/c1-2-21-13-7-9(3-6-12(13)20)8-19-11-5-4-10(16)14(17)15(11)18/h3-7,19-20H,2,8H2,1H3. The van der Waals surface area contributed by atoms with Gasteiger partial charge in [-0.3, -0.25) is 0 Å². The van der Waals surface area contributed by atoms with E-state index in [1.54, 1.807) is 19.1 Å². The first-order valence-electron chi connectivity index (χ1n) is 6.35. The molecule has 0 saturated carbocycles. The second-order valence-corrected chi connectivity index (χ2v) is 4.31. The van der Waals surface area contributed by atoms with Gasteiger partial charge in [0.2, 0.25) is 0 Å². The van der Waals surface area contributed by atoms with Gasteiger partial charge in [-0.25, -0.2) is 13.2 Å². The highest BCUT2D eigenvalue weighted by Gasteiger charge is 2.13. The molecule has 0 spiro atoms. The molecule has 6 heteroatoms. The minimum Gasteiger partial charge on any atom is -0.504 e. The first-order valence-corrected chi connectivity index (χ1v) is 6.35. The SMILES string of the molecule is CCOc1cc(CNc2ccc(F)c(F)c2F)ccc1O. The molecule has 21 heavy (non-hydrogen) atoms. The fraction of sp³-hybridized carbons (Fsp3) is 0.200. The van der Waals surface area contributed by atoms with Gasteiger partial charge in [-0.15, -0.1) is 0 Å². The van der Waals surface area contributed by atoms with E-state index in [2.05, 4.69) is 5.32 Å². The van der Waals surface area contributed by atoms with Crippen molar-refractivity contribution in [3.8, 4) is 11.5 Å². The number of nitrogens with one attached hydrogen (secondary N) is 1.